The monoisotopic (exact) mass is 408 g/mol. The molecule has 2 aromatic carbocycles. The van der Waals surface area contributed by atoms with Gasteiger partial charge in [-0.3, -0.25) is 4.79 Å². The van der Waals surface area contributed by atoms with E-state index in [2.05, 4.69) is 26.0 Å². The van der Waals surface area contributed by atoms with E-state index in [4.69, 9.17) is 0 Å². The number of rotatable bonds is 5. The average molecular weight is 409 g/mol. The maximum absolute atomic E-state index is 12.5. The van der Waals surface area contributed by atoms with Crippen molar-refractivity contribution in [1.29, 1.82) is 0 Å². The Labute approximate surface area is 149 Å². The number of amides is 1. The average Bonchev–Trinajstić information content (AvgIpc) is 3.33. The van der Waals surface area contributed by atoms with Gasteiger partial charge in [0.05, 0.1) is 10.5 Å². The Balaban J connectivity index is 1.85. The molecule has 1 aliphatic carbocycles. The van der Waals surface area contributed by atoms with Crippen LogP contribution in [0.25, 0.3) is 0 Å². The normalized spacial score (nSPS) is 14.4. The topological polar surface area (TPSA) is 75.3 Å². The number of carbonyl (C=O) groups excluding carboxylic acids is 1. The largest absolute Gasteiger partial charge is 0.322 e. The molecule has 24 heavy (non-hydrogen) atoms. The minimum atomic E-state index is -3.60. The Hall–Kier alpha value is -1.70. The van der Waals surface area contributed by atoms with E-state index < -0.39 is 10.0 Å². The lowest BCUT2D eigenvalue weighted by Gasteiger charge is -2.10. The first-order valence-corrected chi connectivity index (χ1v) is 9.83. The lowest BCUT2D eigenvalue weighted by molar-refractivity contribution is 0.102. The van der Waals surface area contributed by atoms with Crippen LogP contribution in [0.4, 0.5) is 5.69 Å². The first kappa shape index (κ1) is 17.1. The van der Waals surface area contributed by atoms with Crippen molar-refractivity contribution in [1.82, 2.24) is 4.72 Å². The summed E-state index contributed by atoms with van der Waals surface area (Å²) in [7, 11) is -3.60. The van der Waals surface area contributed by atoms with Crippen LogP contribution in [-0.4, -0.2) is 20.4 Å². The second-order valence-electron chi connectivity index (χ2n) is 5.86. The van der Waals surface area contributed by atoms with Gasteiger partial charge in [-0.15, -0.1) is 0 Å². The van der Waals surface area contributed by atoms with Gasteiger partial charge in [0.1, 0.15) is 0 Å². The number of hydrogen-bond donors (Lipinski definition) is 2. The Kier molecular flexibility index (Phi) is 4.76. The fourth-order valence-electron chi connectivity index (χ4n) is 2.17. The van der Waals surface area contributed by atoms with Gasteiger partial charge < -0.3 is 5.32 Å². The van der Waals surface area contributed by atoms with E-state index in [1.54, 1.807) is 18.2 Å². The molecule has 0 saturated heterocycles. The molecule has 0 unspecified atom stereocenters. The molecule has 0 heterocycles. The van der Waals surface area contributed by atoms with Crippen LogP contribution in [0.5, 0.6) is 0 Å². The van der Waals surface area contributed by atoms with Gasteiger partial charge >= 0.3 is 0 Å². The van der Waals surface area contributed by atoms with Crippen molar-refractivity contribution in [2.45, 2.75) is 30.7 Å². The smallest absolute Gasteiger partial charge is 0.256 e. The van der Waals surface area contributed by atoms with Crippen molar-refractivity contribution in [3.05, 3.63) is 58.1 Å². The summed E-state index contributed by atoms with van der Waals surface area (Å²) in [5, 5.41) is 2.77. The van der Waals surface area contributed by atoms with E-state index in [1.807, 2.05) is 19.1 Å². The van der Waals surface area contributed by atoms with Crippen LogP contribution in [0.2, 0.25) is 0 Å². The van der Waals surface area contributed by atoms with Gasteiger partial charge in [0.25, 0.3) is 5.91 Å². The molecule has 0 atom stereocenters. The highest BCUT2D eigenvalue weighted by atomic mass is 79.9. The molecule has 0 radical (unpaired) electrons. The molecule has 1 aliphatic rings. The Bertz CT molecular complexity index is 875. The molecule has 126 valence electrons. The lowest BCUT2D eigenvalue weighted by atomic mass is 10.2. The summed E-state index contributed by atoms with van der Waals surface area (Å²) < 4.78 is 27.8. The predicted molar refractivity (Wildman–Crippen MR) is 96.6 cm³/mol. The number of carbonyl (C=O) groups is 1. The van der Waals surface area contributed by atoms with Crippen LogP contribution < -0.4 is 10.0 Å². The number of benzene rings is 2. The van der Waals surface area contributed by atoms with E-state index >= 15 is 0 Å². The zero-order chi connectivity index (χ0) is 17.3. The highest BCUT2D eigenvalue weighted by Crippen LogP contribution is 2.25. The lowest BCUT2D eigenvalue weighted by Crippen LogP contribution is -2.26. The van der Waals surface area contributed by atoms with Gasteiger partial charge in [0, 0.05) is 16.2 Å². The van der Waals surface area contributed by atoms with E-state index in [0.29, 0.717) is 10.2 Å². The standard InChI is InChI=1S/C17H17BrN2O3S/c1-11-2-4-12(5-3-11)19-17(21)15-10-14(8-9-16(15)18)24(22,23)20-13-6-7-13/h2-5,8-10,13,20H,6-7H2,1H3,(H,19,21). The summed E-state index contributed by atoms with van der Waals surface area (Å²) in [6.45, 7) is 1.96. The summed E-state index contributed by atoms with van der Waals surface area (Å²) in [5.41, 5.74) is 2.02. The second kappa shape index (κ2) is 6.66. The van der Waals surface area contributed by atoms with Gasteiger partial charge in [-0.25, -0.2) is 13.1 Å². The molecule has 0 aromatic heterocycles. The number of halogens is 1. The van der Waals surface area contributed by atoms with Crippen molar-refractivity contribution in [2.75, 3.05) is 5.32 Å². The molecule has 0 bridgehead atoms. The quantitative estimate of drug-likeness (QED) is 0.795. The first-order valence-electron chi connectivity index (χ1n) is 7.55. The number of hydrogen-bond acceptors (Lipinski definition) is 3. The van der Waals surface area contributed by atoms with Crippen molar-refractivity contribution in [2.24, 2.45) is 0 Å². The molecular formula is C17H17BrN2O3S. The highest BCUT2D eigenvalue weighted by Gasteiger charge is 2.28. The second-order valence-corrected chi connectivity index (χ2v) is 8.43. The summed E-state index contributed by atoms with van der Waals surface area (Å²) >= 11 is 3.31. The number of aryl methyl sites for hydroxylation is 1. The Morgan fingerprint density at radius 1 is 1.12 bits per heavy atom. The third-order valence-corrected chi connectivity index (χ3v) is 5.91. The summed E-state index contributed by atoms with van der Waals surface area (Å²) in [5.74, 6) is -0.366. The maximum atomic E-state index is 12.5. The van der Waals surface area contributed by atoms with Crippen molar-refractivity contribution in [3.63, 3.8) is 0 Å². The zero-order valence-electron chi connectivity index (χ0n) is 13.0. The molecule has 5 nitrogen and oxygen atoms in total. The van der Waals surface area contributed by atoms with Crippen LogP contribution in [0.3, 0.4) is 0 Å². The SMILES string of the molecule is Cc1ccc(NC(=O)c2cc(S(=O)(=O)NC3CC3)ccc2Br)cc1. The fraction of sp³-hybridized carbons (Fsp3) is 0.235. The molecule has 2 aromatic rings. The van der Waals surface area contributed by atoms with Crippen molar-refractivity contribution in [3.8, 4) is 0 Å². The van der Waals surface area contributed by atoms with Crippen LogP contribution in [0, 0.1) is 6.92 Å². The van der Waals surface area contributed by atoms with E-state index in [-0.39, 0.29) is 22.4 Å². The van der Waals surface area contributed by atoms with Gasteiger partial charge in [0.15, 0.2) is 0 Å². The van der Waals surface area contributed by atoms with Crippen LogP contribution >= 0.6 is 15.9 Å². The number of sulfonamides is 1. The minimum Gasteiger partial charge on any atom is -0.322 e. The Morgan fingerprint density at radius 2 is 1.79 bits per heavy atom. The third-order valence-electron chi connectivity index (χ3n) is 3.70. The molecule has 1 fully saturated rings. The molecule has 1 saturated carbocycles. The van der Waals surface area contributed by atoms with E-state index in [0.717, 1.165) is 18.4 Å². The summed E-state index contributed by atoms with van der Waals surface area (Å²) in [6.07, 6.45) is 1.72. The molecule has 0 aliphatic heterocycles. The van der Waals surface area contributed by atoms with Crippen LogP contribution in [0.1, 0.15) is 28.8 Å². The van der Waals surface area contributed by atoms with Crippen molar-refractivity contribution >= 4 is 37.5 Å². The molecule has 3 rings (SSSR count). The van der Waals surface area contributed by atoms with Gasteiger partial charge in [-0.1, -0.05) is 17.7 Å². The molecule has 1 amide bonds. The fourth-order valence-corrected chi connectivity index (χ4v) is 3.93. The molecular weight excluding hydrogens is 392 g/mol. The van der Waals surface area contributed by atoms with Gasteiger partial charge in [-0.05, 0) is 66.0 Å². The Morgan fingerprint density at radius 3 is 2.42 bits per heavy atom. The third kappa shape index (κ3) is 4.03. The molecule has 2 N–H and O–H groups in total. The number of nitrogens with one attached hydrogen (secondary N) is 2. The molecule has 7 heteroatoms. The zero-order valence-corrected chi connectivity index (χ0v) is 15.4. The summed E-state index contributed by atoms with van der Waals surface area (Å²) in [4.78, 5) is 12.6. The minimum absolute atomic E-state index is 0.0171. The summed E-state index contributed by atoms with van der Waals surface area (Å²) in [6, 6.07) is 11.9. The van der Waals surface area contributed by atoms with Crippen LogP contribution in [0.15, 0.2) is 51.8 Å². The first-order chi connectivity index (χ1) is 11.3. The van der Waals surface area contributed by atoms with Gasteiger partial charge in [0.2, 0.25) is 10.0 Å². The molecule has 0 spiro atoms. The van der Waals surface area contributed by atoms with Crippen molar-refractivity contribution < 1.29 is 13.2 Å². The van der Waals surface area contributed by atoms with E-state index in [9.17, 15) is 13.2 Å². The highest BCUT2D eigenvalue weighted by molar-refractivity contribution is 9.10. The van der Waals surface area contributed by atoms with E-state index in [1.165, 1.54) is 12.1 Å². The predicted octanol–water partition coefficient (Wildman–Crippen LogP) is 3.45. The maximum Gasteiger partial charge on any atom is 0.256 e. The van der Waals surface area contributed by atoms with Gasteiger partial charge in [-0.2, -0.15) is 0 Å². The van der Waals surface area contributed by atoms with Crippen LogP contribution in [-0.2, 0) is 10.0 Å². The number of anilines is 1.